The third kappa shape index (κ3) is 3.49. The number of azide groups is 1. The van der Waals surface area contributed by atoms with Gasteiger partial charge < -0.3 is 14.2 Å². The van der Waals surface area contributed by atoms with Crippen molar-refractivity contribution in [1.82, 2.24) is 0 Å². The fourth-order valence-corrected chi connectivity index (χ4v) is 4.11. The van der Waals surface area contributed by atoms with Crippen molar-refractivity contribution >= 4 is 11.8 Å². The molecule has 6 nitrogen and oxygen atoms in total. The van der Waals surface area contributed by atoms with Gasteiger partial charge >= 0.3 is 0 Å². The molecular formula is C16H21N3O3S. The van der Waals surface area contributed by atoms with Gasteiger partial charge in [-0.2, -0.15) is 0 Å². The number of hydrogen-bond acceptors (Lipinski definition) is 5. The van der Waals surface area contributed by atoms with Crippen LogP contribution in [-0.2, 0) is 14.2 Å². The van der Waals surface area contributed by atoms with E-state index in [2.05, 4.69) is 23.9 Å². The van der Waals surface area contributed by atoms with Crippen LogP contribution in [0.4, 0.5) is 0 Å². The molecule has 6 atom stereocenters. The van der Waals surface area contributed by atoms with E-state index in [0.29, 0.717) is 6.61 Å². The van der Waals surface area contributed by atoms with Crippen LogP contribution in [0.3, 0.4) is 0 Å². The van der Waals surface area contributed by atoms with Crippen molar-refractivity contribution in [2.45, 2.75) is 43.8 Å². The quantitative estimate of drug-likeness (QED) is 0.475. The van der Waals surface area contributed by atoms with Gasteiger partial charge in [-0.1, -0.05) is 49.3 Å². The highest BCUT2D eigenvalue weighted by Crippen LogP contribution is 2.40. The summed E-state index contributed by atoms with van der Waals surface area (Å²) in [6.45, 7) is 4.59. The molecule has 1 aromatic carbocycles. The molecule has 124 valence electrons. The lowest BCUT2D eigenvalue weighted by Gasteiger charge is -2.47. The number of benzene rings is 1. The summed E-state index contributed by atoms with van der Waals surface area (Å²) in [4.78, 5) is 3.03. The molecule has 0 aliphatic carbocycles. The maximum Gasteiger partial charge on any atom is 0.184 e. The molecule has 2 aliphatic heterocycles. The zero-order chi connectivity index (χ0) is 16.2. The number of hydrogen-bond donors (Lipinski definition) is 0. The largest absolute Gasteiger partial charge is 0.359 e. The Bertz CT molecular complexity index is 567. The van der Waals surface area contributed by atoms with Crippen LogP contribution >= 0.6 is 11.8 Å². The van der Waals surface area contributed by atoms with Gasteiger partial charge in [0.2, 0.25) is 0 Å². The predicted molar refractivity (Wildman–Crippen MR) is 88.9 cm³/mol. The van der Waals surface area contributed by atoms with Crippen molar-refractivity contribution in [1.29, 1.82) is 0 Å². The SMILES string of the molecule is CCS[C@@H]1OC2COC(c3ccccc3)O[C@@H]2[C@H](N=[N+]=[N-])C1C. The second-order valence-corrected chi connectivity index (χ2v) is 7.10. The van der Waals surface area contributed by atoms with Gasteiger partial charge in [-0.05, 0) is 11.3 Å². The Balaban J connectivity index is 1.80. The van der Waals surface area contributed by atoms with Crippen molar-refractivity contribution in [3.63, 3.8) is 0 Å². The van der Waals surface area contributed by atoms with Gasteiger partial charge in [0.05, 0.1) is 18.8 Å². The van der Waals surface area contributed by atoms with Gasteiger partial charge in [-0.15, -0.1) is 11.8 Å². The Kier molecular flexibility index (Phi) is 5.46. The summed E-state index contributed by atoms with van der Waals surface area (Å²) in [5, 5.41) is 4.02. The molecule has 0 amide bonds. The second-order valence-electron chi connectivity index (χ2n) is 5.73. The van der Waals surface area contributed by atoms with Gasteiger partial charge in [0.1, 0.15) is 11.5 Å². The monoisotopic (exact) mass is 335 g/mol. The minimum atomic E-state index is -0.444. The Morgan fingerprint density at radius 2 is 2.09 bits per heavy atom. The Morgan fingerprint density at radius 3 is 2.78 bits per heavy atom. The van der Waals surface area contributed by atoms with E-state index in [0.717, 1.165) is 11.3 Å². The minimum absolute atomic E-state index is 0.00257. The van der Waals surface area contributed by atoms with Crippen LogP contribution in [0.15, 0.2) is 35.4 Å². The van der Waals surface area contributed by atoms with Crippen LogP contribution in [0.5, 0.6) is 0 Å². The number of nitrogens with zero attached hydrogens (tertiary/aromatic N) is 3. The summed E-state index contributed by atoms with van der Waals surface area (Å²) in [5.74, 6) is 1.04. The normalized spacial score (nSPS) is 36.8. The molecule has 2 heterocycles. The maximum atomic E-state index is 8.95. The molecule has 0 aromatic heterocycles. The fraction of sp³-hybridized carbons (Fsp3) is 0.625. The fourth-order valence-electron chi connectivity index (χ4n) is 3.09. The smallest absolute Gasteiger partial charge is 0.184 e. The highest BCUT2D eigenvalue weighted by molar-refractivity contribution is 7.99. The van der Waals surface area contributed by atoms with Crippen LogP contribution in [0.2, 0.25) is 0 Å². The predicted octanol–water partition coefficient (Wildman–Crippen LogP) is 3.89. The zero-order valence-electron chi connectivity index (χ0n) is 13.2. The van der Waals surface area contributed by atoms with E-state index >= 15 is 0 Å². The first kappa shape index (κ1) is 16.6. The standard InChI is InChI=1S/C16H21N3O3S/c1-3-23-16-10(2)13(18-19-17)14-12(21-16)9-20-15(22-14)11-7-5-4-6-8-11/h4-8,10,12-16H,3,9H2,1-2H3/t10?,12?,13-,14+,15?,16+/m1/s1. The van der Waals surface area contributed by atoms with E-state index in [1.165, 1.54) is 0 Å². The molecule has 3 rings (SSSR count). The van der Waals surface area contributed by atoms with E-state index in [-0.39, 0.29) is 29.6 Å². The first-order valence-corrected chi connectivity index (χ1v) is 8.92. The summed E-state index contributed by atoms with van der Waals surface area (Å²) in [6.07, 6.45) is -0.931. The molecule has 2 aliphatic rings. The molecule has 0 N–H and O–H groups in total. The van der Waals surface area contributed by atoms with Crippen molar-refractivity contribution in [2.75, 3.05) is 12.4 Å². The topological polar surface area (TPSA) is 76.5 Å². The zero-order valence-corrected chi connectivity index (χ0v) is 14.1. The molecule has 23 heavy (non-hydrogen) atoms. The molecule has 0 saturated carbocycles. The highest BCUT2D eigenvalue weighted by Gasteiger charge is 2.47. The molecule has 7 heteroatoms. The maximum absolute atomic E-state index is 8.95. The van der Waals surface area contributed by atoms with E-state index in [1.807, 2.05) is 30.3 Å². The van der Waals surface area contributed by atoms with E-state index in [4.69, 9.17) is 19.7 Å². The van der Waals surface area contributed by atoms with Crippen LogP contribution in [0.1, 0.15) is 25.7 Å². The summed E-state index contributed by atoms with van der Waals surface area (Å²) >= 11 is 1.73. The Morgan fingerprint density at radius 1 is 1.30 bits per heavy atom. The summed E-state index contributed by atoms with van der Waals surface area (Å²) in [6, 6.07) is 9.54. The molecule has 0 bridgehead atoms. The summed E-state index contributed by atoms with van der Waals surface area (Å²) in [5.41, 5.74) is 9.91. The number of ether oxygens (including phenoxy) is 3. The van der Waals surface area contributed by atoms with Gasteiger partial charge in [-0.3, -0.25) is 0 Å². The van der Waals surface area contributed by atoms with Crippen LogP contribution in [0.25, 0.3) is 10.4 Å². The number of thioether (sulfide) groups is 1. The van der Waals surface area contributed by atoms with Crippen molar-refractivity contribution < 1.29 is 14.2 Å². The highest BCUT2D eigenvalue weighted by atomic mass is 32.2. The number of fused-ring (bicyclic) bond motifs is 1. The first-order valence-electron chi connectivity index (χ1n) is 7.88. The molecule has 0 spiro atoms. The lowest BCUT2D eigenvalue weighted by molar-refractivity contribution is -0.291. The Hall–Kier alpha value is -1.24. The molecule has 0 radical (unpaired) electrons. The molecule has 3 unspecified atom stereocenters. The second kappa shape index (κ2) is 7.55. The first-order chi connectivity index (χ1) is 11.2. The average Bonchev–Trinajstić information content (AvgIpc) is 2.59. The van der Waals surface area contributed by atoms with E-state index < -0.39 is 6.29 Å². The van der Waals surface area contributed by atoms with Crippen LogP contribution < -0.4 is 0 Å². The lowest BCUT2D eigenvalue weighted by Crippen LogP contribution is -2.57. The number of rotatable bonds is 4. The van der Waals surface area contributed by atoms with Gasteiger partial charge in [-0.25, -0.2) is 0 Å². The molecule has 2 fully saturated rings. The third-order valence-electron chi connectivity index (χ3n) is 4.26. The van der Waals surface area contributed by atoms with Crippen molar-refractivity contribution in [3.8, 4) is 0 Å². The van der Waals surface area contributed by atoms with Crippen LogP contribution in [0, 0.1) is 5.92 Å². The third-order valence-corrected chi connectivity index (χ3v) is 5.46. The Labute approximate surface area is 140 Å². The average molecular weight is 335 g/mol. The molecule has 2 saturated heterocycles. The molecule has 1 aromatic rings. The van der Waals surface area contributed by atoms with Crippen molar-refractivity contribution in [3.05, 3.63) is 46.3 Å². The van der Waals surface area contributed by atoms with Crippen LogP contribution in [-0.4, -0.2) is 36.0 Å². The van der Waals surface area contributed by atoms with Crippen molar-refractivity contribution in [2.24, 2.45) is 11.0 Å². The van der Waals surface area contributed by atoms with E-state index in [1.54, 1.807) is 11.8 Å². The minimum Gasteiger partial charge on any atom is -0.359 e. The van der Waals surface area contributed by atoms with Gasteiger partial charge in [0.25, 0.3) is 0 Å². The molecular weight excluding hydrogens is 314 g/mol. The summed E-state index contributed by atoms with van der Waals surface area (Å²) < 4.78 is 18.1. The van der Waals surface area contributed by atoms with E-state index in [9.17, 15) is 0 Å². The lowest BCUT2D eigenvalue weighted by atomic mass is 9.91. The van der Waals surface area contributed by atoms with Gasteiger partial charge in [0.15, 0.2) is 6.29 Å². The summed E-state index contributed by atoms with van der Waals surface area (Å²) in [7, 11) is 0. The van der Waals surface area contributed by atoms with Gasteiger partial charge in [0, 0.05) is 16.4 Å².